The van der Waals surface area contributed by atoms with Gasteiger partial charge in [0.15, 0.2) is 0 Å². The van der Waals surface area contributed by atoms with E-state index in [9.17, 15) is 18.8 Å². The van der Waals surface area contributed by atoms with Crippen molar-refractivity contribution in [2.75, 3.05) is 39.4 Å². The average molecular weight is 462 g/mol. The van der Waals surface area contributed by atoms with E-state index in [1.807, 2.05) is 6.92 Å². The zero-order valence-corrected chi connectivity index (χ0v) is 19.4. The number of likely N-dealkylation sites (N-methyl/N-ethyl adjacent to an activating group) is 1. The van der Waals surface area contributed by atoms with Gasteiger partial charge < -0.3 is 14.8 Å². The van der Waals surface area contributed by atoms with Crippen molar-refractivity contribution in [3.05, 3.63) is 46.9 Å². The third-order valence-corrected chi connectivity index (χ3v) is 6.01. The molecule has 1 atom stereocenters. The van der Waals surface area contributed by atoms with Gasteiger partial charge in [-0.15, -0.1) is 0 Å². The first-order valence-electron chi connectivity index (χ1n) is 11.5. The molecule has 3 rings (SSSR count). The molecule has 1 saturated heterocycles. The van der Waals surface area contributed by atoms with Gasteiger partial charge in [-0.05, 0) is 64.4 Å². The maximum atomic E-state index is 14.0. The molecule has 180 valence electrons. The highest BCUT2D eigenvalue weighted by molar-refractivity contribution is 5.95. The molecule has 1 fully saturated rings. The number of carbonyl (C=O) groups excluding carboxylic acids is 3. The summed E-state index contributed by atoms with van der Waals surface area (Å²) in [4.78, 5) is 41.7. The van der Waals surface area contributed by atoms with Gasteiger partial charge in [-0.1, -0.05) is 12.1 Å². The molecule has 2 aliphatic heterocycles. The second-order valence-corrected chi connectivity index (χ2v) is 8.07. The second kappa shape index (κ2) is 11.3. The van der Waals surface area contributed by atoms with Gasteiger partial charge in [-0.2, -0.15) is 0 Å². The van der Waals surface area contributed by atoms with E-state index in [0.717, 1.165) is 0 Å². The van der Waals surface area contributed by atoms with E-state index in [1.54, 1.807) is 26.0 Å². The summed E-state index contributed by atoms with van der Waals surface area (Å²) in [5.41, 5.74) is 1.32. The molecule has 33 heavy (non-hydrogen) atoms. The summed E-state index contributed by atoms with van der Waals surface area (Å²) in [6, 6.07) is 4.68. The van der Waals surface area contributed by atoms with Crippen molar-refractivity contribution < 1.29 is 28.2 Å². The van der Waals surface area contributed by atoms with Crippen molar-refractivity contribution in [1.82, 2.24) is 15.1 Å². The summed E-state index contributed by atoms with van der Waals surface area (Å²) in [5, 5.41) is 2.84. The summed E-state index contributed by atoms with van der Waals surface area (Å²) in [7, 11) is 0. The van der Waals surface area contributed by atoms with E-state index in [4.69, 9.17) is 9.47 Å². The quantitative estimate of drug-likeness (QED) is 0.599. The van der Waals surface area contributed by atoms with Gasteiger partial charge in [0.25, 0.3) is 0 Å². The summed E-state index contributed by atoms with van der Waals surface area (Å²) in [6.07, 6.45) is 1.29. The molecule has 2 heterocycles. The number of esters is 2. The Balaban J connectivity index is 1.93. The molecule has 0 unspecified atom stereocenters. The number of nitrogens with one attached hydrogen (secondary N) is 1. The molecule has 0 saturated carbocycles. The van der Waals surface area contributed by atoms with Gasteiger partial charge in [0, 0.05) is 18.8 Å². The van der Waals surface area contributed by atoms with E-state index < -0.39 is 17.8 Å². The van der Waals surface area contributed by atoms with Gasteiger partial charge in [-0.25, -0.2) is 14.0 Å². The molecule has 9 heteroatoms. The van der Waals surface area contributed by atoms with Crippen LogP contribution in [0.1, 0.15) is 45.2 Å². The average Bonchev–Trinajstić information content (AvgIpc) is 2.79. The predicted octanol–water partition coefficient (Wildman–Crippen LogP) is 3.00. The van der Waals surface area contributed by atoms with Crippen LogP contribution in [-0.2, 0) is 19.1 Å². The highest BCUT2D eigenvalue weighted by Crippen LogP contribution is 2.33. The number of benzene rings is 1. The zero-order chi connectivity index (χ0) is 24.0. The minimum atomic E-state index is -0.817. The lowest BCUT2D eigenvalue weighted by Crippen LogP contribution is -2.51. The van der Waals surface area contributed by atoms with Crippen LogP contribution in [0, 0.1) is 11.7 Å². The Morgan fingerprint density at radius 1 is 1.12 bits per heavy atom. The summed E-state index contributed by atoms with van der Waals surface area (Å²) in [6.45, 7) is 7.84. The largest absolute Gasteiger partial charge is 0.466 e. The molecule has 0 spiro atoms. The number of halogens is 1. The molecule has 8 nitrogen and oxygen atoms in total. The molecule has 2 amide bonds. The van der Waals surface area contributed by atoms with Crippen LogP contribution in [0.3, 0.4) is 0 Å². The number of likely N-dealkylation sites (tertiary alicyclic amines) is 1. The normalized spacial score (nSPS) is 19.9. The van der Waals surface area contributed by atoms with E-state index >= 15 is 0 Å². The van der Waals surface area contributed by atoms with Crippen molar-refractivity contribution >= 4 is 18.0 Å². The van der Waals surface area contributed by atoms with Crippen LogP contribution in [0.2, 0.25) is 0 Å². The van der Waals surface area contributed by atoms with Crippen LogP contribution in [0.5, 0.6) is 0 Å². The summed E-state index contributed by atoms with van der Waals surface area (Å²) in [5.74, 6) is -1.31. The van der Waals surface area contributed by atoms with Crippen molar-refractivity contribution in [1.29, 1.82) is 0 Å². The molecule has 1 aromatic carbocycles. The van der Waals surface area contributed by atoms with Crippen LogP contribution in [0.4, 0.5) is 9.18 Å². The fourth-order valence-corrected chi connectivity index (χ4v) is 4.39. The Hall–Kier alpha value is -2.94. The number of hydrogen-bond acceptors (Lipinski definition) is 6. The number of urea groups is 1. The van der Waals surface area contributed by atoms with Gasteiger partial charge in [0.05, 0.1) is 30.7 Å². The fraction of sp³-hybridized carbons (Fsp3) is 0.542. The van der Waals surface area contributed by atoms with Crippen LogP contribution in [0.15, 0.2) is 35.5 Å². The van der Waals surface area contributed by atoms with Gasteiger partial charge in [0.2, 0.25) is 0 Å². The van der Waals surface area contributed by atoms with Gasteiger partial charge in [-0.3, -0.25) is 14.6 Å². The maximum absolute atomic E-state index is 14.0. The van der Waals surface area contributed by atoms with Gasteiger partial charge >= 0.3 is 18.0 Å². The number of hydrogen-bond donors (Lipinski definition) is 1. The Morgan fingerprint density at radius 3 is 2.42 bits per heavy atom. The van der Waals surface area contributed by atoms with Crippen molar-refractivity contribution in [3.63, 3.8) is 0 Å². The monoisotopic (exact) mass is 461 g/mol. The molecule has 0 aromatic heterocycles. The molecule has 0 radical (unpaired) electrons. The van der Waals surface area contributed by atoms with Crippen LogP contribution in [0.25, 0.3) is 0 Å². The molecule has 2 aliphatic rings. The molecule has 1 aromatic rings. The van der Waals surface area contributed by atoms with E-state index in [1.165, 1.54) is 17.0 Å². The first-order chi connectivity index (χ1) is 15.9. The topological polar surface area (TPSA) is 88.2 Å². The van der Waals surface area contributed by atoms with Gasteiger partial charge in [0.1, 0.15) is 5.82 Å². The fourth-order valence-electron chi connectivity index (χ4n) is 4.39. The Bertz CT molecular complexity index is 911. The lowest BCUT2D eigenvalue weighted by Gasteiger charge is -2.39. The highest BCUT2D eigenvalue weighted by Gasteiger charge is 2.39. The first-order valence-corrected chi connectivity index (χ1v) is 11.5. The number of piperidine rings is 1. The standard InChI is InChI=1S/C24H32FN3O5/c1-4-28-19(15-27-12-10-16(11-13-27)22(29)32-5-2)20(23(30)33-6-3)21(26-24(28)31)17-8-7-9-18(25)14-17/h7-9,14,16,21H,4-6,10-13,15H2,1-3H3,(H,26,31)/t21-/m0/s1. The van der Waals surface area contributed by atoms with E-state index in [-0.39, 0.29) is 24.5 Å². The number of ether oxygens (including phenoxy) is 2. The number of nitrogens with zero attached hydrogens (tertiary/aromatic N) is 2. The number of rotatable bonds is 8. The van der Waals surface area contributed by atoms with Crippen molar-refractivity contribution in [2.45, 2.75) is 39.7 Å². The Morgan fingerprint density at radius 2 is 1.82 bits per heavy atom. The third-order valence-electron chi connectivity index (χ3n) is 6.01. The van der Waals surface area contributed by atoms with Crippen LogP contribution in [-0.4, -0.2) is 67.2 Å². The smallest absolute Gasteiger partial charge is 0.338 e. The molecule has 1 N–H and O–H groups in total. The third kappa shape index (κ3) is 5.71. The molecular formula is C24H32FN3O5. The molecular weight excluding hydrogens is 429 g/mol. The van der Waals surface area contributed by atoms with Crippen LogP contribution >= 0.6 is 0 Å². The Kier molecular flexibility index (Phi) is 8.43. The Labute approximate surface area is 193 Å². The van der Waals surface area contributed by atoms with E-state index in [2.05, 4.69) is 10.2 Å². The minimum Gasteiger partial charge on any atom is -0.466 e. The highest BCUT2D eigenvalue weighted by atomic mass is 19.1. The van der Waals surface area contributed by atoms with Crippen molar-refractivity contribution in [3.8, 4) is 0 Å². The zero-order valence-electron chi connectivity index (χ0n) is 19.4. The summed E-state index contributed by atoms with van der Waals surface area (Å²) >= 11 is 0. The van der Waals surface area contributed by atoms with Crippen molar-refractivity contribution in [2.24, 2.45) is 5.92 Å². The first kappa shape index (κ1) is 24.7. The number of carbonyl (C=O) groups is 3. The maximum Gasteiger partial charge on any atom is 0.338 e. The predicted molar refractivity (Wildman–Crippen MR) is 120 cm³/mol. The van der Waals surface area contributed by atoms with E-state index in [0.29, 0.717) is 62.5 Å². The lowest BCUT2D eigenvalue weighted by molar-refractivity contribution is -0.149. The van der Waals surface area contributed by atoms with Crippen LogP contribution < -0.4 is 5.32 Å². The number of amides is 2. The second-order valence-electron chi connectivity index (χ2n) is 8.07. The molecule has 0 aliphatic carbocycles. The summed E-state index contributed by atoms with van der Waals surface area (Å²) < 4.78 is 24.4. The minimum absolute atomic E-state index is 0.142. The lowest BCUT2D eigenvalue weighted by atomic mass is 9.93. The molecule has 0 bridgehead atoms. The SMILES string of the molecule is CCOC(=O)C1=C(CN2CCC(C(=O)OCC)CC2)N(CC)C(=O)N[C@H]1c1cccc(F)c1.